The Morgan fingerprint density at radius 1 is 1.21 bits per heavy atom. The van der Waals surface area contributed by atoms with Gasteiger partial charge in [0.2, 0.25) is 0 Å². The van der Waals surface area contributed by atoms with Gasteiger partial charge < -0.3 is 4.90 Å². The van der Waals surface area contributed by atoms with Crippen molar-refractivity contribution in [3.05, 3.63) is 64.4 Å². The number of carbonyl (C=O) groups is 2. The molecule has 0 spiro atoms. The minimum absolute atomic E-state index is 0.0391. The third-order valence-electron chi connectivity index (χ3n) is 4.46. The summed E-state index contributed by atoms with van der Waals surface area (Å²) in [6.45, 7) is 3.04. The lowest BCUT2D eigenvalue weighted by atomic mass is 9.88. The molecular formula is C19H19ClN2O2. The monoisotopic (exact) mass is 342 g/mol. The van der Waals surface area contributed by atoms with Crippen LogP contribution in [0, 0.1) is 12.8 Å². The average molecular weight is 343 g/mol. The number of Topliss-reactive ketones (excluding diaryl/α,β-unsaturated/α-hetero) is 1. The van der Waals surface area contributed by atoms with Crippen LogP contribution in [0.25, 0.3) is 0 Å². The Morgan fingerprint density at radius 2 is 1.96 bits per heavy atom. The van der Waals surface area contributed by atoms with Crippen LogP contribution in [0.2, 0.25) is 5.02 Å². The van der Waals surface area contributed by atoms with Crippen molar-refractivity contribution < 1.29 is 9.59 Å². The standard InChI is InChI=1S/C19H19ClN2O2/c1-13-11-16(20)4-5-17(13)18(23)15-3-2-10-22(12-15)19(24)14-6-8-21-9-7-14/h4-9,11,15H,2-3,10,12H2,1H3/t15-/m1/s1. The highest BCUT2D eigenvalue weighted by molar-refractivity contribution is 6.30. The molecule has 0 N–H and O–H groups in total. The van der Waals surface area contributed by atoms with Crippen molar-refractivity contribution >= 4 is 23.3 Å². The van der Waals surface area contributed by atoms with Gasteiger partial charge in [0.05, 0.1) is 0 Å². The van der Waals surface area contributed by atoms with Gasteiger partial charge in [0.25, 0.3) is 5.91 Å². The van der Waals surface area contributed by atoms with Crippen LogP contribution in [0.3, 0.4) is 0 Å². The summed E-state index contributed by atoms with van der Waals surface area (Å²) in [6, 6.07) is 8.74. The Kier molecular flexibility index (Phi) is 4.95. The molecule has 2 aromatic rings. The second-order valence-electron chi connectivity index (χ2n) is 6.15. The number of aryl methyl sites for hydroxylation is 1. The van der Waals surface area contributed by atoms with Gasteiger partial charge in [-0.2, -0.15) is 0 Å². The van der Waals surface area contributed by atoms with Crippen LogP contribution < -0.4 is 0 Å². The van der Waals surface area contributed by atoms with Gasteiger partial charge in [-0.1, -0.05) is 11.6 Å². The van der Waals surface area contributed by atoms with Gasteiger partial charge in [0.15, 0.2) is 5.78 Å². The Balaban J connectivity index is 1.75. The molecule has 0 aliphatic carbocycles. The van der Waals surface area contributed by atoms with Crippen molar-refractivity contribution in [1.29, 1.82) is 0 Å². The minimum Gasteiger partial charge on any atom is -0.338 e. The van der Waals surface area contributed by atoms with Crippen LogP contribution >= 0.6 is 11.6 Å². The zero-order valence-electron chi connectivity index (χ0n) is 13.5. The molecule has 3 rings (SSSR count). The van der Waals surface area contributed by atoms with E-state index in [0.29, 0.717) is 29.2 Å². The summed E-state index contributed by atoms with van der Waals surface area (Å²) in [4.78, 5) is 31.1. The molecule has 1 aliphatic heterocycles. The van der Waals surface area contributed by atoms with Crippen molar-refractivity contribution in [3.63, 3.8) is 0 Å². The Morgan fingerprint density at radius 3 is 2.67 bits per heavy atom. The second-order valence-corrected chi connectivity index (χ2v) is 6.59. The number of halogens is 1. The van der Waals surface area contributed by atoms with Gasteiger partial charge in [0, 0.05) is 47.6 Å². The molecule has 1 aromatic carbocycles. The molecule has 1 atom stereocenters. The van der Waals surface area contributed by atoms with E-state index in [-0.39, 0.29) is 17.6 Å². The highest BCUT2D eigenvalue weighted by atomic mass is 35.5. The summed E-state index contributed by atoms with van der Waals surface area (Å²) in [5.41, 5.74) is 2.19. The summed E-state index contributed by atoms with van der Waals surface area (Å²) in [5, 5.41) is 0.627. The van der Waals surface area contributed by atoms with E-state index in [1.165, 1.54) is 0 Å². The Bertz CT molecular complexity index is 761. The summed E-state index contributed by atoms with van der Waals surface area (Å²) < 4.78 is 0. The minimum atomic E-state index is -0.163. The zero-order chi connectivity index (χ0) is 17.1. The number of pyridine rings is 1. The smallest absolute Gasteiger partial charge is 0.253 e. The number of aromatic nitrogens is 1. The number of benzene rings is 1. The van der Waals surface area contributed by atoms with Crippen molar-refractivity contribution in [3.8, 4) is 0 Å². The molecule has 0 unspecified atom stereocenters. The topological polar surface area (TPSA) is 50.3 Å². The molecule has 0 radical (unpaired) electrons. The van der Waals surface area contributed by atoms with Crippen LogP contribution in [-0.4, -0.2) is 34.7 Å². The third-order valence-corrected chi connectivity index (χ3v) is 4.70. The average Bonchev–Trinajstić information content (AvgIpc) is 2.61. The van der Waals surface area contributed by atoms with Crippen molar-refractivity contribution in [2.45, 2.75) is 19.8 Å². The molecule has 5 heteroatoms. The van der Waals surface area contributed by atoms with E-state index in [4.69, 9.17) is 11.6 Å². The molecule has 0 bridgehead atoms. The summed E-state index contributed by atoms with van der Waals surface area (Å²) in [7, 11) is 0. The van der Waals surface area contributed by atoms with Gasteiger partial charge in [0.1, 0.15) is 0 Å². The summed E-state index contributed by atoms with van der Waals surface area (Å²) >= 11 is 5.97. The lowest BCUT2D eigenvalue weighted by molar-refractivity contribution is 0.0636. The zero-order valence-corrected chi connectivity index (χ0v) is 14.3. The molecule has 1 fully saturated rings. The second kappa shape index (κ2) is 7.14. The predicted octanol–water partition coefficient (Wildman–Crippen LogP) is 3.78. The van der Waals surface area contributed by atoms with Crippen molar-refractivity contribution in [2.24, 2.45) is 5.92 Å². The predicted molar refractivity (Wildman–Crippen MR) is 93.4 cm³/mol. The molecule has 2 heterocycles. The summed E-state index contributed by atoms with van der Waals surface area (Å²) in [5.74, 6) is -0.108. The van der Waals surface area contributed by atoms with Gasteiger partial charge in [-0.05, 0) is 55.7 Å². The fraction of sp³-hybridized carbons (Fsp3) is 0.316. The number of amides is 1. The number of hydrogen-bond acceptors (Lipinski definition) is 3. The van der Waals surface area contributed by atoms with Crippen LogP contribution in [0.1, 0.15) is 39.1 Å². The maximum absolute atomic E-state index is 12.8. The fourth-order valence-electron chi connectivity index (χ4n) is 3.18. The number of nitrogens with zero attached hydrogens (tertiary/aromatic N) is 2. The largest absolute Gasteiger partial charge is 0.338 e. The van der Waals surface area contributed by atoms with Crippen LogP contribution in [0.15, 0.2) is 42.7 Å². The summed E-state index contributed by atoms with van der Waals surface area (Å²) in [6.07, 6.45) is 4.86. The van der Waals surface area contributed by atoms with Crippen molar-refractivity contribution in [2.75, 3.05) is 13.1 Å². The van der Waals surface area contributed by atoms with Crippen LogP contribution in [0.4, 0.5) is 0 Å². The first-order chi connectivity index (χ1) is 11.6. The van der Waals surface area contributed by atoms with E-state index in [1.807, 2.05) is 6.92 Å². The highest BCUT2D eigenvalue weighted by Crippen LogP contribution is 2.25. The van der Waals surface area contributed by atoms with Gasteiger partial charge in [-0.15, -0.1) is 0 Å². The highest BCUT2D eigenvalue weighted by Gasteiger charge is 2.30. The number of carbonyl (C=O) groups excluding carboxylic acids is 2. The lowest BCUT2D eigenvalue weighted by Crippen LogP contribution is -2.42. The first kappa shape index (κ1) is 16.7. The number of rotatable bonds is 3. The molecule has 1 amide bonds. The van der Waals surface area contributed by atoms with E-state index >= 15 is 0 Å². The van der Waals surface area contributed by atoms with Gasteiger partial charge in [-0.3, -0.25) is 14.6 Å². The quantitative estimate of drug-likeness (QED) is 0.798. The molecule has 4 nitrogen and oxygen atoms in total. The molecular weight excluding hydrogens is 324 g/mol. The van der Waals surface area contributed by atoms with Crippen LogP contribution in [-0.2, 0) is 0 Å². The Hall–Kier alpha value is -2.20. The number of ketones is 1. The molecule has 24 heavy (non-hydrogen) atoms. The first-order valence-corrected chi connectivity index (χ1v) is 8.43. The normalized spacial score (nSPS) is 17.6. The maximum Gasteiger partial charge on any atom is 0.253 e. The number of likely N-dealkylation sites (tertiary alicyclic amines) is 1. The van der Waals surface area contributed by atoms with Gasteiger partial charge >= 0.3 is 0 Å². The fourth-order valence-corrected chi connectivity index (χ4v) is 3.40. The lowest BCUT2D eigenvalue weighted by Gasteiger charge is -2.32. The van der Waals surface area contributed by atoms with Crippen molar-refractivity contribution in [1.82, 2.24) is 9.88 Å². The van der Waals surface area contributed by atoms with Crippen LogP contribution in [0.5, 0.6) is 0 Å². The van der Waals surface area contributed by atoms with E-state index in [2.05, 4.69) is 4.98 Å². The third kappa shape index (κ3) is 3.49. The Labute approximate surface area is 146 Å². The SMILES string of the molecule is Cc1cc(Cl)ccc1C(=O)[C@@H]1CCCN(C(=O)c2ccncc2)C1. The maximum atomic E-state index is 12.8. The van der Waals surface area contributed by atoms with E-state index < -0.39 is 0 Å². The number of hydrogen-bond donors (Lipinski definition) is 0. The van der Waals surface area contributed by atoms with E-state index in [1.54, 1.807) is 47.6 Å². The first-order valence-electron chi connectivity index (χ1n) is 8.06. The number of piperidine rings is 1. The molecule has 124 valence electrons. The van der Waals surface area contributed by atoms with Gasteiger partial charge in [-0.25, -0.2) is 0 Å². The molecule has 1 saturated heterocycles. The molecule has 0 saturated carbocycles. The van der Waals surface area contributed by atoms with E-state index in [0.717, 1.165) is 18.4 Å². The molecule has 1 aliphatic rings. The van der Waals surface area contributed by atoms with E-state index in [9.17, 15) is 9.59 Å². The molecule has 1 aromatic heterocycles.